The molecule has 0 fully saturated rings. The Kier molecular flexibility index (Phi) is 8.62. The summed E-state index contributed by atoms with van der Waals surface area (Å²) in [6.07, 6.45) is 0. The van der Waals surface area contributed by atoms with E-state index in [1.807, 2.05) is 29.5 Å². The molecule has 1 aliphatic rings. The Hall–Kier alpha value is -7.72. The van der Waals surface area contributed by atoms with E-state index >= 15 is 0 Å². The zero-order chi connectivity index (χ0) is 41.0. The normalized spacial score (nSPS) is 12.6. The van der Waals surface area contributed by atoms with E-state index in [0.29, 0.717) is 5.82 Å². The molecule has 290 valence electrons. The Balaban J connectivity index is 0.905. The van der Waals surface area contributed by atoms with E-state index in [4.69, 9.17) is 9.97 Å². The molecular weight excluding hydrogens is 769 g/mol. The molecule has 2 aromatic heterocycles. The van der Waals surface area contributed by atoms with Crippen LogP contribution in [0.1, 0.15) is 22.3 Å². The standard InChI is InChI=1S/C59H38N2S/c1-4-14-43(15-5-1)58-60-54(38-55(61-58)42-30-26-40(27-31-42)45-32-34-50-49-21-11-13-23-56(49)62-57(50)37-45)41-28-24-39(25-29-41)44-33-35-53-51(36-44)48-20-10-12-22-52(48)59(53,46-16-6-2-7-17-46)47-18-8-3-9-19-47/h1-38H. The van der Waals surface area contributed by atoms with E-state index in [-0.39, 0.29) is 0 Å². The van der Waals surface area contributed by atoms with E-state index in [0.717, 1.165) is 33.6 Å². The molecule has 2 nitrogen and oxygen atoms in total. The summed E-state index contributed by atoms with van der Waals surface area (Å²) in [5.74, 6) is 0.707. The van der Waals surface area contributed by atoms with Gasteiger partial charge in [0.15, 0.2) is 5.82 Å². The van der Waals surface area contributed by atoms with Crippen LogP contribution < -0.4 is 0 Å². The van der Waals surface area contributed by atoms with Gasteiger partial charge >= 0.3 is 0 Å². The molecule has 0 aliphatic heterocycles. The smallest absolute Gasteiger partial charge is 0.160 e. The molecule has 0 N–H and O–H groups in total. The highest BCUT2D eigenvalue weighted by Crippen LogP contribution is 2.56. The van der Waals surface area contributed by atoms with E-state index in [9.17, 15) is 0 Å². The van der Waals surface area contributed by atoms with Crippen molar-refractivity contribution in [1.82, 2.24) is 9.97 Å². The van der Waals surface area contributed by atoms with Gasteiger partial charge in [-0.15, -0.1) is 11.3 Å². The molecule has 0 unspecified atom stereocenters. The van der Waals surface area contributed by atoms with Crippen LogP contribution in [-0.2, 0) is 5.41 Å². The number of rotatable bonds is 7. The Bertz CT molecular complexity index is 3390. The Morgan fingerprint density at radius 2 is 0.790 bits per heavy atom. The minimum Gasteiger partial charge on any atom is -0.228 e. The molecular formula is C59H38N2S. The zero-order valence-corrected chi connectivity index (χ0v) is 34.6. The SMILES string of the molecule is c1ccc(-c2nc(-c3ccc(-c4ccc5c(c4)-c4ccccc4C5(c4ccccc4)c4ccccc4)cc3)cc(-c3ccc(-c4ccc5c(c4)sc4ccccc45)cc3)n2)cc1. The highest BCUT2D eigenvalue weighted by Gasteiger charge is 2.45. The maximum atomic E-state index is 5.15. The summed E-state index contributed by atoms with van der Waals surface area (Å²) in [6, 6.07) is 83.4. The number of hydrogen-bond donors (Lipinski definition) is 0. The van der Waals surface area contributed by atoms with E-state index in [1.165, 1.54) is 70.2 Å². The van der Waals surface area contributed by atoms with Crippen LogP contribution >= 0.6 is 11.3 Å². The summed E-state index contributed by atoms with van der Waals surface area (Å²) in [6.45, 7) is 0. The molecule has 3 heteroatoms. The van der Waals surface area contributed by atoms with Gasteiger partial charge in [-0.05, 0) is 79.9 Å². The topological polar surface area (TPSA) is 25.8 Å². The number of fused-ring (bicyclic) bond motifs is 6. The molecule has 0 spiro atoms. The van der Waals surface area contributed by atoms with E-state index in [1.54, 1.807) is 0 Å². The molecule has 11 aromatic rings. The first kappa shape index (κ1) is 36.2. The Morgan fingerprint density at radius 1 is 0.306 bits per heavy atom. The first-order valence-corrected chi connectivity index (χ1v) is 22.0. The number of benzene rings is 9. The molecule has 0 saturated carbocycles. The summed E-state index contributed by atoms with van der Waals surface area (Å²) in [5, 5.41) is 2.63. The van der Waals surface area contributed by atoms with Crippen molar-refractivity contribution in [2.24, 2.45) is 0 Å². The number of nitrogens with zero attached hydrogens (tertiary/aromatic N) is 2. The third kappa shape index (κ3) is 5.93. The van der Waals surface area contributed by atoms with Gasteiger partial charge in [0.25, 0.3) is 0 Å². The summed E-state index contributed by atoms with van der Waals surface area (Å²) in [5.41, 5.74) is 16.9. The minimum atomic E-state index is -0.410. The second-order valence-corrected chi connectivity index (χ2v) is 17.2. The lowest BCUT2D eigenvalue weighted by molar-refractivity contribution is 0.768. The second-order valence-electron chi connectivity index (χ2n) is 16.1. The largest absolute Gasteiger partial charge is 0.228 e. The van der Waals surface area contributed by atoms with Gasteiger partial charge in [-0.3, -0.25) is 0 Å². The number of hydrogen-bond acceptors (Lipinski definition) is 3. The molecule has 9 aromatic carbocycles. The van der Waals surface area contributed by atoms with Crippen LogP contribution in [-0.4, -0.2) is 9.97 Å². The average Bonchev–Trinajstić information content (AvgIpc) is 3.88. The lowest BCUT2D eigenvalue weighted by Gasteiger charge is -2.33. The van der Waals surface area contributed by atoms with Gasteiger partial charge in [0.1, 0.15) is 0 Å². The maximum absolute atomic E-state index is 5.15. The van der Waals surface area contributed by atoms with Crippen LogP contribution in [0.2, 0.25) is 0 Å². The molecule has 0 atom stereocenters. The molecule has 0 radical (unpaired) electrons. The highest BCUT2D eigenvalue weighted by atomic mass is 32.1. The van der Waals surface area contributed by atoms with Crippen molar-refractivity contribution in [3.8, 4) is 67.3 Å². The van der Waals surface area contributed by atoms with Crippen LogP contribution in [0.3, 0.4) is 0 Å². The van der Waals surface area contributed by atoms with Gasteiger partial charge in [0, 0.05) is 36.9 Å². The lowest BCUT2D eigenvalue weighted by Crippen LogP contribution is -2.28. The summed E-state index contributed by atoms with van der Waals surface area (Å²) in [7, 11) is 0. The van der Waals surface area contributed by atoms with Crippen LogP contribution in [0.5, 0.6) is 0 Å². The first-order chi connectivity index (χ1) is 30.7. The number of thiophene rings is 1. The van der Waals surface area contributed by atoms with Crippen LogP contribution in [0.15, 0.2) is 231 Å². The second kappa shape index (κ2) is 14.8. The molecule has 12 rings (SSSR count). The first-order valence-electron chi connectivity index (χ1n) is 21.1. The third-order valence-corrected chi connectivity index (χ3v) is 13.8. The van der Waals surface area contributed by atoms with Gasteiger partial charge in [0.2, 0.25) is 0 Å². The van der Waals surface area contributed by atoms with E-state index < -0.39 is 5.41 Å². The maximum Gasteiger partial charge on any atom is 0.160 e. The van der Waals surface area contributed by atoms with Crippen molar-refractivity contribution in [3.05, 3.63) is 253 Å². The van der Waals surface area contributed by atoms with Crippen molar-refractivity contribution in [1.29, 1.82) is 0 Å². The van der Waals surface area contributed by atoms with Crippen LogP contribution in [0.4, 0.5) is 0 Å². The van der Waals surface area contributed by atoms with Crippen molar-refractivity contribution >= 4 is 31.5 Å². The fraction of sp³-hybridized carbons (Fsp3) is 0.0169. The fourth-order valence-corrected chi connectivity index (χ4v) is 10.8. The lowest BCUT2D eigenvalue weighted by atomic mass is 9.67. The molecule has 62 heavy (non-hydrogen) atoms. The molecule has 2 heterocycles. The summed E-state index contributed by atoms with van der Waals surface area (Å²) >= 11 is 1.85. The van der Waals surface area contributed by atoms with Crippen molar-refractivity contribution in [3.63, 3.8) is 0 Å². The number of aromatic nitrogens is 2. The Morgan fingerprint density at radius 3 is 1.45 bits per heavy atom. The minimum absolute atomic E-state index is 0.410. The summed E-state index contributed by atoms with van der Waals surface area (Å²) < 4.78 is 2.63. The predicted molar refractivity (Wildman–Crippen MR) is 259 cm³/mol. The molecule has 1 aliphatic carbocycles. The molecule has 0 amide bonds. The van der Waals surface area contributed by atoms with Crippen molar-refractivity contribution in [2.75, 3.05) is 0 Å². The zero-order valence-electron chi connectivity index (χ0n) is 33.7. The van der Waals surface area contributed by atoms with Gasteiger partial charge in [-0.1, -0.05) is 206 Å². The van der Waals surface area contributed by atoms with Gasteiger partial charge < -0.3 is 0 Å². The van der Waals surface area contributed by atoms with Crippen LogP contribution in [0.25, 0.3) is 87.5 Å². The van der Waals surface area contributed by atoms with Gasteiger partial charge in [-0.25, -0.2) is 9.97 Å². The van der Waals surface area contributed by atoms with E-state index in [2.05, 4.69) is 212 Å². The fourth-order valence-electron chi connectivity index (χ4n) is 9.66. The monoisotopic (exact) mass is 806 g/mol. The van der Waals surface area contributed by atoms with Gasteiger partial charge in [0.05, 0.1) is 16.8 Å². The molecule has 0 saturated heterocycles. The summed E-state index contributed by atoms with van der Waals surface area (Å²) in [4.78, 5) is 10.3. The van der Waals surface area contributed by atoms with Gasteiger partial charge in [-0.2, -0.15) is 0 Å². The predicted octanol–water partition coefficient (Wildman–Crippen LogP) is 15.5. The quantitative estimate of drug-likeness (QED) is 0.160. The van der Waals surface area contributed by atoms with Crippen LogP contribution in [0, 0.1) is 0 Å². The Labute approximate surface area is 365 Å². The third-order valence-electron chi connectivity index (χ3n) is 12.6. The average molecular weight is 807 g/mol. The van der Waals surface area contributed by atoms with Crippen molar-refractivity contribution in [2.45, 2.75) is 5.41 Å². The molecule has 0 bridgehead atoms. The highest BCUT2D eigenvalue weighted by molar-refractivity contribution is 7.25. The van der Waals surface area contributed by atoms with Crippen molar-refractivity contribution < 1.29 is 0 Å².